The van der Waals surface area contributed by atoms with Crippen LogP contribution >= 0.6 is 11.6 Å². The van der Waals surface area contributed by atoms with Crippen molar-refractivity contribution in [3.05, 3.63) is 12.2 Å². The summed E-state index contributed by atoms with van der Waals surface area (Å²) < 4.78 is 35.1. The van der Waals surface area contributed by atoms with E-state index >= 15 is 0 Å². The van der Waals surface area contributed by atoms with E-state index in [1.54, 1.807) is 6.92 Å². The molecule has 0 aromatic rings. The lowest BCUT2D eigenvalue weighted by Crippen LogP contribution is -2.69. The van der Waals surface area contributed by atoms with Gasteiger partial charge in [-0.25, -0.2) is 0 Å². The standard InChI is InChI=1S/C26H33ClO11/c1-8-14-20(34-12(5)29)26(32)10(3)24(31)38-21(26)15(27)9(2)17-18(36-17)22(35-13(6)30)25(14,7)23-19(37-23)16(8)33-11(4)28/h8,10,14-23,32H,2H2,1,3-7H3. The highest BCUT2D eigenvalue weighted by atomic mass is 35.5. The van der Waals surface area contributed by atoms with Crippen molar-refractivity contribution in [3.63, 3.8) is 0 Å². The average Bonchev–Trinajstić information content (AvgIpc) is 3.73. The number of hydrogen-bond acceptors (Lipinski definition) is 11. The fourth-order valence-corrected chi connectivity index (χ4v) is 7.65. The average molecular weight is 557 g/mol. The highest BCUT2D eigenvalue weighted by molar-refractivity contribution is 6.23. The normalized spacial score (nSPS) is 50.7. The molecule has 0 aromatic carbocycles. The lowest BCUT2D eigenvalue weighted by molar-refractivity contribution is -0.226. The van der Waals surface area contributed by atoms with Crippen LogP contribution in [0.2, 0.25) is 0 Å². The van der Waals surface area contributed by atoms with Gasteiger partial charge in [-0.05, 0) is 12.5 Å². The van der Waals surface area contributed by atoms with E-state index in [0.29, 0.717) is 5.57 Å². The van der Waals surface area contributed by atoms with Gasteiger partial charge < -0.3 is 33.5 Å². The number of rotatable bonds is 3. The molecule has 2 aliphatic carbocycles. The van der Waals surface area contributed by atoms with Gasteiger partial charge in [0.1, 0.15) is 36.6 Å². The number of carbonyl (C=O) groups is 4. The molecule has 3 heterocycles. The Balaban J connectivity index is 1.75. The van der Waals surface area contributed by atoms with Crippen molar-refractivity contribution in [2.24, 2.45) is 23.2 Å². The summed E-state index contributed by atoms with van der Waals surface area (Å²) in [6, 6.07) is 0. The monoisotopic (exact) mass is 556 g/mol. The first-order valence-corrected chi connectivity index (χ1v) is 13.2. The van der Waals surface area contributed by atoms with E-state index in [-0.39, 0.29) is 0 Å². The minimum atomic E-state index is -2.12. The zero-order valence-corrected chi connectivity index (χ0v) is 22.8. The quantitative estimate of drug-likeness (QED) is 0.175. The number of epoxide rings is 2. The maximum Gasteiger partial charge on any atom is 0.312 e. The molecular formula is C26H33ClO11. The number of aliphatic hydroxyl groups is 1. The molecule has 210 valence electrons. The van der Waals surface area contributed by atoms with Gasteiger partial charge in [-0.1, -0.05) is 20.4 Å². The molecule has 0 amide bonds. The number of halogens is 1. The number of esters is 4. The zero-order valence-electron chi connectivity index (χ0n) is 22.0. The van der Waals surface area contributed by atoms with E-state index < -0.39 is 107 Å². The summed E-state index contributed by atoms with van der Waals surface area (Å²) in [6.07, 6.45) is -6.89. The van der Waals surface area contributed by atoms with E-state index in [2.05, 4.69) is 6.58 Å². The Labute approximate surface area is 225 Å². The number of alkyl halides is 1. The Morgan fingerprint density at radius 1 is 0.947 bits per heavy atom. The fourth-order valence-electron chi connectivity index (χ4n) is 7.28. The summed E-state index contributed by atoms with van der Waals surface area (Å²) in [5.41, 5.74) is -2.92. The van der Waals surface area contributed by atoms with Crippen molar-refractivity contribution < 1.29 is 52.7 Å². The van der Waals surface area contributed by atoms with E-state index in [1.165, 1.54) is 27.7 Å². The summed E-state index contributed by atoms with van der Waals surface area (Å²) in [7, 11) is 0. The van der Waals surface area contributed by atoms with Crippen LogP contribution in [0.1, 0.15) is 41.5 Å². The van der Waals surface area contributed by atoms with Crippen LogP contribution in [-0.4, -0.2) is 88.8 Å². The third-order valence-corrected chi connectivity index (χ3v) is 9.61. The Bertz CT molecular complexity index is 1090. The van der Waals surface area contributed by atoms with E-state index in [0.717, 1.165) is 0 Å². The predicted molar refractivity (Wildman–Crippen MR) is 128 cm³/mol. The minimum Gasteiger partial charge on any atom is -0.459 e. The molecule has 5 aliphatic rings. The van der Waals surface area contributed by atoms with Crippen molar-refractivity contribution in [3.8, 4) is 0 Å². The van der Waals surface area contributed by atoms with Gasteiger partial charge in [-0.2, -0.15) is 0 Å². The van der Waals surface area contributed by atoms with Gasteiger partial charge in [0, 0.05) is 38.0 Å². The van der Waals surface area contributed by atoms with Gasteiger partial charge in [0.15, 0.2) is 11.7 Å². The first-order chi connectivity index (χ1) is 17.6. The molecule has 3 saturated heterocycles. The third kappa shape index (κ3) is 3.80. The van der Waals surface area contributed by atoms with Crippen LogP contribution in [0.15, 0.2) is 12.2 Å². The summed E-state index contributed by atoms with van der Waals surface area (Å²) in [5, 5.41) is 11.3. The van der Waals surface area contributed by atoms with E-state index in [1.807, 2.05) is 6.92 Å². The number of fused-ring (bicyclic) bond motifs is 5. The van der Waals surface area contributed by atoms with Crippen molar-refractivity contribution >= 4 is 35.5 Å². The van der Waals surface area contributed by atoms with Crippen LogP contribution < -0.4 is 0 Å². The molecule has 38 heavy (non-hydrogen) atoms. The molecule has 0 radical (unpaired) electrons. The topological polar surface area (TPSA) is 150 Å². The largest absolute Gasteiger partial charge is 0.459 e. The van der Waals surface area contributed by atoms with Gasteiger partial charge in [0.2, 0.25) is 0 Å². The molecule has 12 heteroatoms. The number of hydrogen-bond donors (Lipinski definition) is 1. The Morgan fingerprint density at radius 3 is 2.11 bits per heavy atom. The molecular weight excluding hydrogens is 524 g/mol. The van der Waals surface area contributed by atoms with Crippen LogP contribution in [0.4, 0.5) is 0 Å². The first kappa shape index (κ1) is 27.4. The predicted octanol–water partition coefficient (Wildman–Crippen LogP) is 1.06. The molecule has 11 nitrogen and oxygen atoms in total. The second-order valence-electron chi connectivity index (χ2n) is 11.4. The second kappa shape index (κ2) is 8.90. The molecule has 2 saturated carbocycles. The summed E-state index contributed by atoms with van der Waals surface area (Å²) in [6.45, 7) is 12.9. The molecule has 5 rings (SSSR count). The SMILES string of the molecule is C=C1C(Cl)C2OC(=O)C(C)C2(O)C(OC(C)=O)C2C(C)C(OC(C)=O)C3OC3C2(C)C(OC(C)=O)C2OC12. The third-order valence-electron chi connectivity index (χ3n) is 9.10. The maximum atomic E-state index is 12.9. The highest BCUT2D eigenvalue weighted by Crippen LogP contribution is 2.64. The highest BCUT2D eigenvalue weighted by Gasteiger charge is 2.78. The maximum absolute atomic E-state index is 12.9. The van der Waals surface area contributed by atoms with Gasteiger partial charge in [-0.3, -0.25) is 19.2 Å². The van der Waals surface area contributed by atoms with Gasteiger partial charge in [0.05, 0.1) is 17.4 Å². The van der Waals surface area contributed by atoms with Crippen molar-refractivity contribution in [1.29, 1.82) is 0 Å². The van der Waals surface area contributed by atoms with Gasteiger partial charge in [-0.15, -0.1) is 11.6 Å². The first-order valence-electron chi connectivity index (χ1n) is 12.7. The molecule has 0 bridgehead atoms. The van der Waals surface area contributed by atoms with E-state index in [4.69, 9.17) is 40.0 Å². The van der Waals surface area contributed by atoms with Crippen LogP contribution in [0.3, 0.4) is 0 Å². The molecule has 14 unspecified atom stereocenters. The molecule has 3 aliphatic heterocycles. The fraction of sp³-hybridized carbons (Fsp3) is 0.769. The van der Waals surface area contributed by atoms with Crippen LogP contribution in [0.25, 0.3) is 0 Å². The second-order valence-corrected chi connectivity index (χ2v) is 11.8. The minimum absolute atomic E-state index is 0.331. The van der Waals surface area contributed by atoms with Crippen LogP contribution in [0, 0.1) is 23.2 Å². The van der Waals surface area contributed by atoms with Crippen molar-refractivity contribution in [2.75, 3.05) is 0 Å². The van der Waals surface area contributed by atoms with Crippen LogP contribution in [0.5, 0.6) is 0 Å². The molecule has 14 atom stereocenters. The van der Waals surface area contributed by atoms with Gasteiger partial charge >= 0.3 is 23.9 Å². The number of ether oxygens (including phenoxy) is 6. The van der Waals surface area contributed by atoms with Crippen molar-refractivity contribution in [1.82, 2.24) is 0 Å². The molecule has 5 fully saturated rings. The number of carbonyl (C=O) groups excluding carboxylic acids is 4. The Hall–Kier alpha value is -2.21. The smallest absolute Gasteiger partial charge is 0.312 e. The lowest BCUT2D eigenvalue weighted by atomic mass is 9.53. The zero-order chi connectivity index (χ0) is 28.1. The van der Waals surface area contributed by atoms with Crippen LogP contribution in [-0.2, 0) is 47.6 Å². The summed E-state index contributed by atoms with van der Waals surface area (Å²) in [4.78, 5) is 49.9. The van der Waals surface area contributed by atoms with Crippen molar-refractivity contribution in [2.45, 2.75) is 101 Å². The summed E-state index contributed by atoms with van der Waals surface area (Å²) in [5.74, 6) is -5.18. The van der Waals surface area contributed by atoms with Gasteiger partial charge in [0.25, 0.3) is 0 Å². The molecule has 0 spiro atoms. The Kier molecular flexibility index (Phi) is 6.41. The Morgan fingerprint density at radius 2 is 1.53 bits per heavy atom. The lowest BCUT2D eigenvalue weighted by Gasteiger charge is -2.54. The molecule has 1 N–H and O–H groups in total. The van der Waals surface area contributed by atoms with E-state index in [9.17, 15) is 24.3 Å². The summed E-state index contributed by atoms with van der Waals surface area (Å²) >= 11 is 6.79. The molecule has 0 aromatic heterocycles.